The van der Waals surface area contributed by atoms with Gasteiger partial charge in [-0.15, -0.1) is 0 Å². The highest BCUT2D eigenvalue weighted by Gasteiger charge is 2.36. The number of furan rings is 1. The average molecular weight is 917 g/mol. The number of hydrogen-bond acceptors (Lipinski definition) is 9. The third-order valence-electron chi connectivity index (χ3n) is 12.6. The third kappa shape index (κ3) is 4.93. The molecule has 0 aliphatic heterocycles. The van der Waals surface area contributed by atoms with Gasteiger partial charge in [-0.25, -0.2) is 0 Å². The highest BCUT2D eigenvalue weighted by molar-refractivity contribution is 14.1. The van der Waals surface area contributed by atoms with Crippen LogP contribution in [-0.4, -0.2) is 35.7 Å². The van der Waals surface area contributed by atoms with Gasteiger partial charge < -0.3 is 43.2 Å². The van der Waals surface area contributed by atoms with Crippen LogP contribution in [-0.2, 0) is 5.41 Å². The molecule has 1 aromatic heterocycles. The van der Waals surface area contributed by atoms with E-state index in [-0.39, 0.29) is 38.1 Å². The standard InChI is InChI=1S/C51H33IO9/c1-51(2)32-12-6-5-10-28(32)30-20-27(18-19-33(30)51)23-14-16-24(17-15-23)36-39-41(44(54)48(58)47(57)43(39)53)38(42-40(36)46(56)50(61-52)49(59)45(42)55)29-11-7-13-34-37(29)31-21-25-8-3-4-9-26(25)22-35(31)60-34/h3-22,53-59H,1-2H3. The van der Waals surface area contributed by atoms with Gasteiger partial charge in [0.1, 0.15) is 11.2 Å². The van der Waals surface area contributed by atoms with Crippen molar-refractivity contribution in [1.29, 1.82) is 0 Å². The van der Waals surface area contributed by atoms with E-state index in [1.54, 1.807) is 30.3 Å². The van der Waals surface area contributed by atoms with E-state index in [1.165, 1.54) is 39.7 Å². The third-order valence-corrected chi connectivity index (χ3v) is 13.0. The van der Waals surface area contributed by atoms with Crippen molar-refractivity contribution in [2.45, 2.75) is 19.3 Å². The fraction of sp³-hybridized carbons (Fsp3) is 0.0588. The molecule has 7 N–H and O–H groups in total. The molecule has 11 rings (SSSR count). The molecule has 0 saturated carbocycles. The number of halogens is 1. The van der Waals surface area contributed by atoms with Crippen LogP contribution >= 0.6 is 23.0 Å². The Morgan fingerprint density at radius 1 is 0.443 bits per heavy atom. The molecule has 1 aliphatic carbocycles. The minimum atomic E-state index is -1.01. The Kier molecular flexibility index (Phi) is 7.74. The summed E-state index contributed by atoms with van der Waals surface area (Å²) in [6, 6.07) is 38.9. The molecule has 1 aliphatic rings. The predicted octanol–water partition coefficient (Wildman–Crippen LogP) is 13.0. The Bertz CT molecular complexity index is 3570. The summed E-state index contributed by atoms with van der Waals surface area (Å²) in [4.78, 5) is 0. The lowest BCUT2D eigenvalue weighted by Crippen LogP contribution is -2.14. The van der Waals surface area contributed by atoms with Crippen molar-refractivity contribution in [2.75, 3.05) is 0 Å². The van der Waals surface area contributed by atoms with Crippen molar-refractivity contribution in [1.82, 2.24) is 0 Å². The normalized spacial score (nSPS) is 13.1. The van der Waals surface area contributed by atoms with Gasteiger partial charge in [0.05, 0.1) is 0 Å². The maximum absolute atomic E-state index is 12.1. The summed E-state index contributed by atoms with van der Waals surface area (Å²) < 4.78 is 11.8. The summed E-state index contributed by atoms with van der Waals surface area (Å²) in [5.74, 6) is -6.18. The van der Waals surface area contributed by atoms with Crippen LogP contribution in [0.3, 0.4) is 0 Å². The first kappa shape index (κ1) is 36.7. The van der Waals surface area contributed by atoms with Crippen LogP contribution in [0.25, 0.3) is 98.8 Å². The summed E-state index contributed by atoms with van der Waals surface area (Å²) in [5, 5.41) is 84.4. The Morgan fingerprint density at radius 3 is 1.70 bits per heavy atom. The molecule has 0 radical (unpaired) electrons. The molecule has 10 heteroatoms. The van der Waals surface area contributed by atoms with Crippen LogP contribution < -0.4 is 3.07 Å². The van der Waals surface area contributed by atoms with Crippen LogP contribution in [0.4, 0.5) is 0 Å². The first-order chi connectivity index (χ1) is 29.4. The molecule has 0 bridgehead atoms. The largest absolute Gasteiger partial charge is 0.504 e. The molecule has 0 unspecified atom stereocenters. The summed E-state index contributed by atoms with van der Waals surface area (Å²) in [6.45, 7) is 4.44. The lowest BCUT2D eigenvalue weighted by molar-refractivity contribution is 0.351. The first-order valence-corrected chi connectivity index (χ1v) is 20.3. The lowest BCUT2D eigenvalue weighted by Gasteiger charge is -2.23. The Balaban J connectivity index is 1.24. The Hall–Kier alpha value is -7.31. The van der Waals surface area contributed by atoms with Gasteiger partial charge in [-0.05, 0) is 79.5 Å². The fourth-order valence-electron chi connectivity index (χ4n) is 9.69. The summed E-state index contributed by atoms with van der Waals surface area (Å²) in [5.41, 5.74) is 8.24. The molecular formula is C51H33IO9. The minimum absolute atomic E-state index is 0.0133. The predicted molar refractivity (Wildman–Crippen MR) is 246 cm³/mol. The Morgan fingerprint density at radius 2 is 1.00 bits per heavy atom. The zero-order valence-corrected chi connectivity index (χ0v) is 34.5. The second kappa shape index (κ2) is 12.8. The maximum Gasteiger partial charge on any atom is 0.221 e. The topological polar surface area (TPSA) is 164 Å². The number of aromatic hydroxyl groups is 7. The van der Waals surface area contributed by atoms with Crippen LogP contribution in [0.2, 0.25) is 0 Å². The van der Waals surface area contributed by atoms with Crippen molar-refractivity contribution in [3.05, 3.63) is 132 Å². The molecule has 0 spiro atoms. The van der Waals surface area contributed by atoms with Gasteiger partial charge in [0.15, 0.2) is 46.0 Å². The summed E-state index contributed by atoms with van der Waals surface area (Å²) >= 11 is 1.49. The number of rotatable bonds is 4. The zero-order valence-electron chi connectivity index (χ0n) is 32.4. The van der Waals surface area contributed by atoms with E-state index in [4.69, 9.17) is 7.48 Å². The molecular weight excluding hydrogens is 883 g/mol. The van der Waals surface area contributed by atoms with E-state index < -0.39 is 46.0 Å². The van der Waals surface area contributed by atoms with Gasteiger partial charge in [-0.1, -0.05) is 111 Å². The fourth-order valence-corrected chi connectivity index (χ4v) is 10.1. The highest BCUT2D eigenvalue weighted by Crippen LogP contribution is 2.63. The molecule has 9 nitrogen and oxygen atoms in total. The van der Waals surface area contributed by atoms with Gasteiger partial charge in [0, 0.05) is 48.9 Å². The molecule has 298 valence electrons. The van der Waals surface area contributed by atoms with Crippen molar-refractivity contribution in [2.24, 2.45) is 0 Å². The van der Waals surface area contributed by atoms with Crippen molar-refractivity contribution in [3.63, 3.8) is 0 Å². The Labute approximate surface area is 360 Å². The van der Waals surface area contributed by atoms with Crippen LogP contribution in [0, 0.1) is 0 Å². The van der Waals surface area contributed by atoms with E-state index >= 15 is 0 Å². The second-order valence-corrected chi connectivity index (χ2v) is 16.5. The molecule has 0 saturated heterocycles. The summed E-state index contributed by atoms with van der Waals surface area (Å²) in [6.07, 6.45) is 0. The van der Waals surface area contributed by atoms with Crippen molar-refractivity contribution in [3.8, 4) is 90.5 Å². The molecule has 0 amide bonds. The quantitative estimate of drug-likeness (QED) is 0.0394. The molecule has 1 heterocycles. The van der Waals surface area contributed by atoms with Gasteiger partial charge in [0.25, 0.3) is 0 Å². The number of phenolic OH excluding ortho intramolecular Hbond substituents is 7. The second-order valence-electron chi connectivity index (χ2n) is 16.1. The minimum Gasteiger partial charge on any atom is -0.504 e. The zero-order chi connectivity index (χ0) is 42.2. The molecule has 10 aromatic rings. The van der Waals surface area contributed by atoms with Crippen molar-refractivity contribution < 1.29 is 43.2 Å². The van der Waals surface area contributed by atoms with E-state index in [9.17, 15) is 35.7 Å². The molecule has 61 heavy (non-hydrogen) atoms. The highest BCUT2D eigenvalue weighted by atomic mass is 127. The SMILES string of the molecule is CC1(C)c2ccccc2-c2cc(-c3ccc(-c4c5c(O)c(O)c(O)c(O)c5c(-c5cccc6oc7cc8ccccc8cc7c56)c5c(O)c(O)c(OI)c(O)c45)cc3)ccc21. The van der Waals surface area contributed by atoms with Crippen LogP contribution in [0.15, 0.2) is 126 Å². The van der Waals surface area contributed by atoms with E-state index in [2.05, 4.69) is 50.2 Å². The number of benzene rings is 9. The van der Waals surface area contributed by atoms with Gasteiger partial charge in [-0.2, -0.15) is 0 Å². The molecule has 0 atom stereocenters. The smallest absolute Gasteiger partial charge is 0.221 e. The van der Waals surface area contributed by atoms with Crippen molar-refractivity contribution >= 4 is 77.3 Å². The summed E-state index contributed by atoms with van der Waals surface area (Å²) in [7, 11) is 0. The van der Waals surface area contributed by atoms with E-state index in [0.29, 0.717) is 33.1 Å². The monoisotopic (exact) mass is 916 g/mol. The number of hydrogen-bond donors (Lipinski definition) is 7. The molecule has 9 aromatic carbocycles. The first-order valence-electron chi connectivity index (χ1n) is 19.4. The van der Waals surface area contributed by atoms with Gasteiger partial charge in [-0.3, -0.25) is 0 Å². The van der Waals surface area contributed by atoms with Crippen LogP contribution in [0.5, 0.6) is 46.0 Å². The van der Waals surface area contributed by atoms with Crippen LogP contribution in [0.1, 0.15) is 25.0 Å². The number of phenols is 7. The molecule has 0 fully saturated rings. The maximum atomic E-state index is 12.1. The number of fused-ring (bicyclic) bond motifs is 9. The lowest BCUT2D eigenvalue weighted by atomic mass is 9.82. The van der Waals surface area contributed by atoms with E-state index in [0.717, 1.165) is 27.5 Å². The van der Waals surface area contributed by atoms with E-state index in [1.807, 2.05) is 54.6 Å². The van der Waals surface area contributed by atoms with Gasteiger partial charge >= 0.3 is 0 Å². The average Bonchev–Trinajstić information content (AvgIpc) is 3.75. The van der Waals surface area contributed by atoms with Gasteiger partial charge in [0.2, 0.25) is 23.0 Å².